The molecule has 1 fully saturated rings. The Labute approximate surface area is 358 Å². The van der Waals surface area contributed by atoms with Crippen LogP contribution < -0.4 is 4.89 Å². The summed E-state index contributed by atoms with van der Waals surface area (Å²) in [4.78, 5) is 50.4. The predicted octanol–water partition coefficient (Wildman–Crippen LogP) is 9.09. The quantitative estimate of drug-likeness (QED) is 0.0200. The lowest BCUT2D eigenvalue weighted by molar-refractivity contribution is -0.870. The molecular formula is C46H84NO11P. The van der Waals surface area contributed by atoms with E-state index in [0.717, 1.165) is 57.8 Å². The van der Waals surface area contributed by atoms with Crippen molar-refractivity contribution in [1.29, 1.82) is 0 Å². The van der Waals surface area contributed by atoms with Gasteiger partial charge >= 0.3 is 11.9 Å². The topological polar surface area (TPSA) is 169 Å². The van der Waals surface area contributed by atoms with E-state index in [2.05, 4.69) is 26.0 Å². The average Bonchev–Trinajstić information content (AvgIpc) is 3.44. The van der Waals surface area contributed by atoms with Crippen molar-refractivity contribution in [3.05, 3.63) is 24.3 Å². The maximum atomic E-state index is 12.8. The van der Waals surface area contributed by atoms with Gasteiger partial charge in [-0.3, -0.25) is 18.9 Å². The van der Waals surface area contributed by atoms with Crippen LogP contribution >= 0.6 is 7.82 Å². The van der Waals surface area contributed by atoms with Crippen molar-refractivity contribution in [2.45, 2.75) is 193 Å². The normalized spacial score (nSPS) is 19.4. The molecule has 0 spiro atoms. The van der Waals surface area contributed by atoms with Gasteiger partial charge in [-0.15, -0.1) is 0 Å². The Morgan fingerprint density at radius 3 is 1.98 bits per heavy atom. The largest absolute Gasteiger partial charge is 0.756 e. The highest BCUT2D eigenvalue weighted by Crippen LogP contribution is 2.38. The molecule has 12 nitrogen and oxygen atoms in total. The highest BCUT2D eigenvalue weighted by molar-refractivity contribution is 7.45. The predicted molar refractivity (Wildman–Crippen MR) is 232 cm³/mol. The van der Waals surface area contributed by atoms with Crippen LogP contribution in [-0.2, 0) is 37.5 Å². The highest BCUT2D eigenvalue weighted by Gasteiger charge is 2.39. The molecule has 59 heavy (non-hydrogen) atoms. The Morgan fingerprint density at radius 1 is 0.797 bits per heavy atom. The molecule has 13 heteroatoms. The molecule has 0 amide bonds. The van der Waals surface area contributed by atoms with Crippen LogP contribution in [0.2, 0.25) is 0 Å². The number of likely N-dealkylation sites (N-methyl/N-ethyl adjacent to an activating group) is 1. The molecule has 0 aromatic carbocycles. The SMILES string of the molecule is CCCCCC/C=C\CCCCCCCCCC(=O)OC[C@H](COP(=O)([O-])OCC[N+](C)(C)C)OC(=O)CCCCCC[C@H]1C(=O)C[C@@H](O)[C@@H]1/C=C/[C@@H](O)CCCCC. The number of aliphatic hydroxyl groups is 2. The van der Waals surface area contributed by atoms with Crippen molar-refractivity contribution in [1.82, 2.24) is 0 Å². The van der Waals surface area contributed by atoms with Gasteiger partial charge in [0.05, 0.1) is 40.0 Å². The minimum atomic E-state index is -4.69. The lowest BCUT2D eigenvalue weighted by atomic mass is 9.88. The summed E-state index contributed by atoms with van der Waals surface area (Å²) in [7, 11) is 1.02. The molecular weight excluding hydrogens is 773 g/mol. The Hall–Kier alpha value is -1.92. The van der Waals surface area contributed by atoms with Crippen LogP contribution in [0.15, 0.2) is 24.3 Å². The molecule has 1 unspecified atom stereocenters. The molecule has 2 N–H and O–H groups in total. The summed E-state index contributed by atoms with van der Waals surface area (Å²) in [5, 5.41) is 20.8. The van der Waals surface area contributed by atoms with Crippen LogP contribution in [0.5, 0.6) is 0 Å². The van der Waals surface area contributed by atoms with Gasteiger partial charge in [-0.1, -0.05) is 128 Å². The number of unbranched alkanes of at least 4 members (excludes halogenated alkanes) is 16. The Morgan fingerprint density at radius 2 is 1.36 bits per heavy atom. The Bertz CT molecular complexity index is 1220. The molecule has 0 radical (unpaired) electrons. The van der Waals surface area contributed by atoms with Crippen molar-refractivity contribution in [3.8, 4) is 0 Å². The number of ketones is 1. The van der Waals surface area contributed by atoms with Crippen molar-refractivity contribution < 1.29 is 57.1 Å². The van der Waals surface area contributed by atoms with E-state index in [9.17, 15) is 34.1 Å². The second-order valence-corrected chi connectivity index (χ2v) is 19.0. The monoisotopic (exact) mass is 858 g/mol. The van der Waals surface area contributed by atoms with E-state index in [4.69, 9.17) is 18.5 Å². The van der Waals surface area contributed by atoms with E-state index in [-0.39, 0.29) is 50.1 Å². The van der Waals surface area contributed by atoms with Gasteiger partial charge in [-0.25, -0.2) is 0 Å². The van der Waals surface area contributed by atoms with Crippen LogP contribution in [0, 0.1) is 11.8 Å². The molecule has 0 heterocycles. The Kier molecular flexibility index (Phi) is 31.4. The van der Waals surface area contributed by atoms with Crippen molar-refractivity contribution >= 4 is 25.5 Å². The van der Waals surface area contributed by atoms with E-state index in [1.54, 1.807) is 6.08 Å². The molecule has 0 saturated heterocycles. The molecule has 1 aliphatic rings. The summed E-state index contributed by atoms with van der Waals surface area (Å²) >= 11 is 0. The van der Waals surface area contributed by atoms with Gasteiger partial charge in [-0.2, -0.15) is 0 Å². The molecule has 0 aliphatic heterocycles. The minimum absolute atomic E-state index is 0.0413. The molecule has 0 aromatic rings. The number of aliphatic hydroxyl groups excluding tert-OH is 2. The first-order valence-electron chi connectivity index (χ1n) is 23.1. The van der Waals surface area contributed by atoms with E-state index in [0.29, 0.717) is 43.1 Å². The number of phosphoric acid groups is 1. The number of quaternary nitrogens is 1. The lowest BCUT2D eigenvalue weighted by Gasteiger charge is -2.28. The minimum Gasteiger partial charge on any atom is -0.756 e. The zero-order valence-electron chi connectivity index (χ0n) is 37.7. The van der Waals surface area contributed by atoms with E-state index >= 15 is 0 Å². The third kappa shape index (κ3) is 30.7. The first kappa shape index (κ1) is 55.1. The molecule has 1 saturated carbocycles. The zero-order chi connectivity index (χ0) is 43.8. The number of carbonyl (C=O) groups excluding carboxylic acids is 3. The number of esters is 2. The molecule has 1 aliphatic carbocycles. The maximum absolute atomic E-state index is 12.8. The lowest BCUT2D eigenvalue weighted by Crippen LogP contribution is -2.37. The van der Waals surface area contributed by atoms with Gasteiger partial charge in [-0.05, 0) is 51.4 Å². The van der Waals surface area contributed by atoms with Crippen molar-refractivity contribution in [2.24, 2.45) is 11.8 Å². The number of nitrogens with zero attached hydrogens (tertiary/aromatic N) is 1. The third-order valence-electron chi connectivity index (χ3n) is 10.8. The van der Waals surface area contributed by atoms with Gasteiger partial charge in [0.2, 0.25) is 0 Å². The first-order valence-corrected chi connectivity index (χ1v) is 24.6. The fourth-order valence-corrected chi connectivity index (χ4v) is 7.86. The van der Waals surface area contributed by atoms with Crippen molar-refractivity contribution in [3.63, 3.8) is 0 Å². The number of phosphoric ester groups is 1. The van der Waals surface area contributed by atoms with Crippen LogP contribution in [0.4, 0.5) is 0 Å². The molecule has 1 rings (SSSR count). The van der Waals surface area contributed by atoms with Gasteiger partial charge in [0, 0.05) is 31.1 Å². The fraction of sp³-hybridized carbons (Fsp3) is 0.848. The number of hydrogen-bond acceptors (Lipinski definition) is 11. The van der Waals surface area contributed by atoms with Crippen LogP contribution in [0.1, 0.15) is 174 Å². The highest BCUT2D eigenvalue weighted by atomic mass is 31.2. The average molecular weight is 858 g/mol. The van der Waals surface area contributed by atoms with Gasteiger partial charge < -0.3 is 38.1 Å². The summed E-state index contributed by atoms with van der Waals surface area (Å²) in [6, 6.07) is 0. The number of ether oxygens (including phenoxy) is 2. The van der Waals surface area contributed by atoms with Crippen molar-refractivity contribution in [2.75, 3.05) is 47.5 Å². The van der Waals surface area contributed by atoms with Crippen LogP contribution in [0.3, 0.4) is 0 Å². The smallest absolute Gasteiger partial charge is 0.306 e. The van der Waals surface area contributed by atoms with Gasteiger partial charge in [0.15, 0.2) is 6.10 Å². The summed E-state index contributed by atoms with van der Waals surface area (Å²) < 4.78 is 33.9. The second-order valence-electron chi connectivity index (χ2n) is 17.5. The third-order valence-corrected chi connectivity index (χ3v) is 11.8. The summed E-state index contributed by atoms with van der Waals surface area (Å²) in [5.74, 6) is -1.55. The molecule has 6 atom stereocenters. The second kappa shape index (κ2) is 33.7. The number of rotatable bonds is 38. The molecule has 0 bridgehead atoms. The standard InChI is InChI=1S/C46H84NO11P/c1-6-8-10-11-12-13-14-15-16-17-18-19-20-21-26-30-45(51)55-37-40(38-57-59(53,54)56-35-34-47(3,4)5)58-46(52)31-27-23-22-25-29-41-42(44(50)36-43(41)49)33-32-39(48)28-24-9-7-2/h13-14,32-33,39-42,44,48,50H,6-12,15-31,34-38H2,1-5H3/b14-13-,33-32+/t39-,40+,41+,42+,44+/m0/s1. The Balaban J connectivity index is 2.46. The number of carbonyl (C=O) groups is 3. The zero-order valence-corrected chi connectivity index (χ0v) is 38.6. The number of allylic oxidation sites excluding steroid dienone is 2. The maximum Gasteiger partial charge on any atom is 0.306 e. The summed E-state index contributed by atoms with van der Waals surface area (Å²) in [6.07, 6.45) is 28.1. The number of Topliss-reactive ketones (excluding diaryl/α,β-unsaturated/α-hetero) is 1. The van der Waals surface area contributed by atoms with Crippen LogP contribution in [0.25, 0.3) is 0 Å². The fourth-order valence-electron chi connectivity index (χ4n) is 7.13. The van der Waals surface area contributed by atoms with Gasteiger partial charge in [0.25, 0.3) is 7.82 Å². The van der Waals surface area contributed by atoms with Gasteiger partial charge in [0.1, 0.15) is 25.5 Å². The van der Waals surface area contributed by atoms with E-state index in [1.807, 2.05) is 27.2 Å². The number of hydrogen-bond donors (Lipinski definition) is 2. The van der Waals surface area contributed by atoms with Crippen LogP contribution in [-0.4, -0.2) is 98.2 Å². The summed E-state index contributed by atoms with van der Waals surface area (Å²) in [5.41, 5.74) is 0. The molecule has 344 valence electrons. The molecule has 0 aromatic heterocycles. The van der Waals surface area contributed by atoms with E-state index in [1.165, 1.54) is 51.4 Å². The first-order chi connectivity index (χ1) is 28.2. The van der Waals surface area contributed by atoms with E-state index < -0.39 is 44.7 Å². The summed E-state index contributed by atoms with van der Waals surface area (Å²) in [6.45, 7) is 3.83.